The van der Waals surface area contributed by atoms with E-state index < -0.39 is 5.60 Å². The summed E-state index contributed by atoms with van der Waals surface area (Å²) in [6, 6.07) is 3.95. The first-order valence-electron chi connectivity index (χ1n) is 10.6. The van der Waals surface area contributed by atoms with Crippen LogP contribution in [-0.2, 0) is 9.53 Å². The van der Waals surface area contributed by atoms with E-state index in [4.69, 9.17) is 4.74 Å². The van der Waals surface area contributed by atoms with Gasteiger partial charge in [-0.15, -0.1) is 0 Å². The van der Waals surface area contributed by atoms with Gasteiger partial charge in [0.2, 0.25) is 6.41 Å². The number of hydrogen-bond donors (Lipinski definition) is 0. The summed E-state index contributed by atoms with van der Waals surface area (Å²) in [6.07, 6.45) is 10.6. The van der Waals surface area contributed by atoms with Crippen LogP contribution in [0.4, 0.5) is 10.6 Å². The van der Waals surface area contributed by atoms with Crippen molar-refractivity contribution >= 4 is 18.3 Å². The summed E-state index contributed by atoms with van der Waals surface area (Å²) in [6.45, 7) is 6.41. The Kier molecular flexibility index (Phi) is 6.57. The molecule has 0 unspecified atom stereocenters. The Morgan fingerprint density at radius 3 is 2.57 bits per heavy atom. The van der Waals surface area contributed by atoms with Crippen LogP contribution in [0.25, 0.3) is 0 Å². The second-order valence-electron chi connectivity index (χ2n) is 8.91. The number of hydrogen-bond acceptors (Lipinski definition) is 4. The first-order valence-corrected chi connectivity index (χ1v) is 10.6. The van der Waals surface area contributed by atoms with Gasteiger partial charge in [-0.3, -0.25) is 9.69 Å². The van der Waals surface area contributed by atoms with Crippen molar-refractivity contribution in [1.29, 1.82) is 0 Å². The molecule has 0 spiro atoms. The SMILES string of the molecule is CC(C)(C)OC(=O)N(c1ncccc1[C@H]1CCCCN1C=O)C1CCCCC1. The zero-order chi connectivity index (χ0) is 20.1. The quantitative estimate of drug-likeness (QED) is 0.694. The maximum absolute atomic E-state index is 13.2. The maximum Gasteiger partial charge on any atom is 0.416 e. The molecule has 6 heteroatoms. The first-order chi connectivity index (χ1) is 13.4. The summed E-state index contributed by atoms with van der Waals surface area (Å²) >= 11 is 0. The van der Waals surface area contributed by atoms with E-state index in [0.717, 1.165) is 63.5 Å². The van der Waals surface area contributed by atoms with E-state index in [1.165, 1.54) is 6.42 Å². The number of pyridine rings is 1. The van der Waals surface area contributed by atoms with Gasteiger partial charge in [-0.25, -0.2) is 9.78 Å². The predicted octanol–water partition coefficient (Wildman–Crippen LogP) is 4.84. The van der Waals surface area contributed by atoms with Crippen LogP contribution >= 0.6 is 0 Å². The smallest absolute Gasteiger partial charge is 0.416 e. The highest BCUT2D eigenvalue weighted by Gasteiger charge is 2.35. The van der Waals surface area contributed by atoms with Crippen LogP contribution in [0.2, 0.25) is 0 Å². The van der Waals surface area contributed by atoms with E-state index in [1.54, 1.807) is 11.1 Å². The minimum Gasteiger partial charge on any atom is -0.443 e. The Morgan fingerprint density at radius 2 is 1.89 bits per heavy atom. The third-order valence-electron chi connectivity index (χ3n) is 5.61. The summed E-state index contributed by atoms with van der Waals surface area (Å²) < 4.78 is 5.77. The molecule has 0 bridgehead atoms. The highest BCUT2D eigenvalue weighted by molar-refractivity contribution is 5.88. The number of piperidine rings is 1. The molecule has 1 aromatic rings. The average molecular weight is 388 g/mol. The van der Waals surface area contributed by atoms with Crippen molar-refractivity contribution in [3.05, 3.63) is 23.9 Å². The summed E-state index contributed by atoms with van der Waals surface area (Å²) in [5.74, 6) is 0.655. The number of amides is 2. The van der Waals surface area contributed by atoms with E-state index in [9.17, 15) is 9.59 Å². The second-order valence-corrected chi connectivity index (χ2v) is 8.91. The standard InChI is InChI=1S/C22H33N3O3/c1-22(2,3)28-21(27)25(17-10-5-4-6-11-17)20-18(12-9-14-23-20)19-13-7-8-15-24(19)16-26/h9,12,14,16-17,19H,4-8,10-11,13,15H2,1-3H3/t19-/m1/s1. The van der Waals surface area contributed by atoms with Crippen molar-refractivity contribution in [2.75, 3.05) is 11.4 Å². The zero-order valence-electron chi connectivity index (χ0n) is 17.4. The van der Waals surface area contributed by atoms with Gasteiger partial charge in [0.25, 0.3) is 0 Å². The molecule has 2 heterocycles. The van der Waals surface area contributed by atoms with Crippen molar-refractivity contribution < 1.29 is 14.3 Å². The van der Waals surface area contributed by atoms with Crippen LogP contribution in [0, 0.1) is 0 Å². The molecular formula is C22H33N3O3. The minimum atomic E-state index is -0.571. The molecule has 6 nitrogen and oxygen atoms in total. The minimum absolute atomic E-state index is 0.0384. The van der Waals surface area contributed by atoms with Crippen molar-refractivity contribution in [2.45, 2.75) is 89.8 Å². The molecule has 1 atom stereocenters. The van der Waals surface area contributed by atoms with Crippen molar-refractivity contribution in [1.82, 2.24) is 9.88 Å². The fourth-order valence-corrected chi connectivity index (χ4v) is 4.34. The number of anilines is 1. The predicted molar refractivity (Wildman–Crippen MR) is 109 cm³/mol. The summed E-state index contributed by atoms with van der Waals surface area (Å²) in [5.41, 5.74) is 0.379. The maximum atomic E-state index is 13.2. The van der Waals surface area contributed by atoms with Gasteiger partial charge in [0.1, 0.15) is 11.4 Å². The van der Waals surface area contributed by atoms with Crippen LogP contribution in [0.15, 0.2) is 18.3 Å². The van der Waals surface area contributed by atoms with Gasteiger partial charge in [-0.1, -0.05) is 25.3 Å². The van der Waals surface area contributed by atoms with E-state index in [2.05, 4.69) is 4.98 Å². The number of aromatic nitrogens is 1. The number of carbonyl (C=O) groups is 2. The van der Waals surface area contributed by atoms with Crippen LogP contribution in [0.1, 0.15) is 83.7 Å². The highest BCUT2D eigenvalue weighted by Crippen LogP contribution is 2.37. The molecule has 154 valence electrons. The Morgan fingerprint density at radius 1 is 1.18 bits per heavy atom. The van der Waals surface area contributed by atoms with Crippen LogP contribution in [-0.4, -0.2) is 40.6 Å². The summed E-state index contributed by atoms with van der Waals surface area (Å²) in [7, 11) is 0. The summed E-state index contributed by atoms with van der Waals surface area (Å²) in [5, 5.41) is 0. The number of carbonyl (C=O) groups excluding carboxylic acids is 2. The number of rotatable bonds is 4. The molecule has 1 saturated carbocycles. The third-order valence-corrected chi connectivity index (χ3v) is 5.61. The average Bonchev–Trinajstić information content (AvgIpc) is 2.68. The molecule has 2 aliphatic rings. The Bertz CT molecular complexity index is 680. The van der Waals surface area contributed by atoms with E-state index in [0.29, 0.717) is 5.82 Å². The summed E-state index contributed by atoms with van der Waals surface area (Å²) in [4.78, 5) is 33.1. The molecule has 1 saturated heterocycles. The second kappa shape index (κ2) is 8.93. The lowest BCUT2D eigenvalue weighted by atomic mass is 9.92. The largest absolute Gasteiger partial charge is 0.443 e. The molecule has 1 aliphatic carbocycles. The van der Waals surface area contributed by atoms with Crippen LogP contribution in [0.3, 0.4) is 0 Å². The molecule has 1 aromatic heterocycles. The lowest BCUT2D eigenvalue weighted by molar-refractivity contribution is -0.121. The van der Waals surface area contributed by atoms with Gasteiger partial charge in [-0.05, 0) is 58.9 Å². The molecule has 2 fully saturated rings. The fraction of sp³-hybridized carbons (Fsp3) is 0.682. The molecule has 0 aromatic carbocycles. The van der Waals surface area contributed by atoms with E-state index in [1.807, 2.05) is 37.8 Å². The molecule has 0 radical (unpaired) electrons. The van der Waals surface area contributed by atoms with E-state index in [-0.39, 0.29) is 18.2 Å². The van der Waals surface area contributed by atoms with Crippen LogP contribution < -0.4 is 4.90 Å². The zero-order valence-corrected chi connectivity index (χ0v) is 17.4. The highest BCUT2D eigenvalue weighted by atomic mass is 16.6. The number of nitrogens with zero attached hydrogens (tertiary/aromatic N) is 3. The molecule has 3 rings (SSSR count). The monoisotopic (exact) mass is 387 g/mol. The van der Waals surface area contributed by atoms with Gasteiger partial charge in [0, 0.05) is 24.3 Å². The number of likely N-dealkylation sites (tertiary alicyclic amines) is 1. The fourth-order valence-electron chi connectivity index (χ4n) is 4.34. The number of ether oxygens (including phenoxy) is 1. The first kappa shape index (κ1) is 20.6. The molecule has 1 aliphatic heterocycles. The van der Waals surface area contributed by atoms with Crippen LogP contribution in [0.5, 0.6) is 0 Å². The molecule has 2 amide bonds. The Balaban J connectivity index is 1.99. The van der Waals surface area contributed by atoms with Crippen molar-refractivity contribution in [3.8, 4) is 0 Å². The molecular weight excluding hydrogens is 354 g/mol. The van der Waals surface area contributed by atoms with Crippen molar-refractivity contribution in [2.24, 2.45) is 0 Å². The van der Waals surface area contributed by atoms with Gasteiger partial charge in [0.05, 0.1) is 6.04 Å². The van der Waals surface area contributed by atoms with Gasteiger partial charge < -0.3 is 9.64 Å². The lowest BCUT2D eigenvalue weighted by Gasteiger charge is -2.38. The van der Waals surface area contributed by atoms with Gasteiger partial charge in [-0.2, -0.15) is 0 Å². The van der Waals surface area contributed by atoms with Crippen molar-refractivity contribution in [3.63, 3.8) is 0 Å². The third kappa shape index (κ3) is 4.83. The Hall–Kier alpha value is -2.11. The van der Waals surface area contributed by atoms with Gasteiger partial charge >= 0.3 is 6.09 Å². The normalized spacial score (nSPS) is 21.2. The van der Waals surface area contributed by atoms with E-state index >= 15 is 0 Å². The molecule has 28 heavy (non-hydrogen) atoms. The topological polar surface area (TPSA) is 62.7 Å². The lowest BCUT2D eigenvalue weighted by Crippen LogP contribution is -2.46. The van der Waals surface area contributed by atoms with Gasteiger partial charge in [0.15, 0.2) is 0 Å². The Labute approximate surface area is 168 Å². The molecule has 0 N–H and O–H groups in total.